The highest BCUT2D eigenvalue weighted by molar-refractivity contribution is 6.51. The van der Waals surface area contributed by atoms with Gasteiger partial charge in [0.15, 0.2) is 0 Å². The molecular weight excluding hydrogens is 408 g/mol. The zero-order chi connectivity index (χ0) is 22.3. The molecule has 1 aliphatic heterocycles. The lowest BCUT2D eigenvalue weighted by Gasteiger charge is -2.24. The zero-order valence-corrected chi connectivity index (χ0v) is 16.6. The molecule has 0 spiro atoms. The fraction of sp³-hybridized carbons (Fsp3) is 0.130. The van der Waals surface area contributed by atoms with Gasteiger partial charge in [0, 0.05) is 6.07 Å². The molecule has 158 valence electrons. The number of halogens is 2. The van der Waals surface area contributed by atoms with Gasteiger partial charge in [0.2, 0.25) is 0 Å². The number of aliphatic hydroxyl groups excluding tert-OH is 1. The Labute approximate surface area is 176 Å². The lowest BCUT2D eigenvalue weighted by Crippen LogP contribution is -2.30. The van der Waals surface area contributed by atoms with Crippen LogP contribution in [0.25, 0.3) is 5.76 Å². The summed E-state index contributed by atoms with van der Waals surface area (Å²) >= 11 is 0. The predicted molar refractivity (Wildman–Crippen MR) is 108 cm³/mol. The molecule has 1 aromatic heterocycles. The second-order valence-electron chi connectivity index (χ2n) is 6.91. The number of para-hydroxylation sites is 1. The quantitative estimate of drug-likeness (QED) is 0.378. The lowest BCUT2D eigenvalue weighted by molar-refractivity contribution is -0.132. The fourth-order valence-electron chi connectivity index (χ4n) is 3.61. The minimum atomic E-state index is -1.27. The van der Waals surface area contributed by atoms with Crippen molar-refractivity contribution in [2.75, 3.05) is 12.0 Å². The number of anilines is 1. The average molecular weight is 425 g/mol. The third-order valence-corrected chi connectivity index (χ3v) is 5.01. The van der Waals surface area contributed by atoms with Crippen molar-refractivity contribution >= 4 is 23.1 Å². The highest BCUT2D eigenvalue weighted by atomic mass is 19.1. The van der Waals surface area contributed by atoms with Crippen molar-refractivity contribution in [3.05, 3.63) is 88.9 Å². The van der Waals surface area contributed by atoms with Gasteiger partial charge in [-0.3, -0.25) is 14.5 Å². The van der Waals surface area contributed by atoms with Crippen molar-refractivity contribution in [1.82, 2.24) is 0 Å². The van der Waals surface area contributed by atoms with Crippen molar-refractivity contribution in [2.45, 2.75) is 13.0 Å². The van der Waals surface area contributed by atoms with E-state index < -0.39 is 35.1 Å². The van der Waals surface area contributed by atoms with Gasteiger partial charge in [-0.15, -0.1) is 0 Å². The maximum Gasteiger partial charge on any atom is 0.300 e. The first-order chi connectivity index (χ1) is 14.8. The van der Waals surface area contributed by atoms with E-state index in [1.54, 1.807) is 31.2 Å². The number of aliphatic hydroxyl groups is 1. The molecule has 1 unspecified atom stereocenters. The number of ether oxygens (including phenoxy) is 1. The van der Waals surface area contributed by atoms with Gasteiger partial charge in [-0.25, -0.2) is 8.78 Å². The summed E-state index contributed by atoms with van der Waals surface area (Å²) in [5, 5.41) is 11.0. The Morgan fingerprint density at radius 3 is 2.48 bits per heavy atom. The van der Waals surface area contributed by atoms with Crippen molar-refractivity contribution in [3.63, 3.8) is 0 Å². The summed E-state index contributed by atoms with van der Waals surface area (Å²) in [6.45, 7) is 1.66. The van der Waals surface area contributed by atoms with Crippen LogP contribution in [-0.4, -0.2) is 23.9 Å². The van der Waals surface area contributed by atoms with Gasteiger partial charge in [-0.1, -0.05) is 12.1 Å². The highest BCUT2D eigenvalue weighted by Crippen LogP contribution is 2.44. The smallest absolute Gasteiger partial charge is 0.300 e. The first-order valence-electron chi connectivity index (χ1n) is 9.29. The number of amides is 1. The normalized spacial score (nSPS) is 17.9. The van der Waals surface area contributed by atoms with E-state index in [1.807, 2.05) is 0 Å². The average Bonchev–Trinajstić information content (AvgIpc) is 3.29. The summed E-state index contributed by atoms with van der Waals surface area (Å²) in [5.74, 6) is -3.60. The van der Waals surface area contributed by atoms with Crippen LogP contribution in [0.5, 0.6) is 5.75 Å². The van der Waals surface area contributed by atoms with Crippen LogP contribution in [0.15, 0.2) is 64.6 Å². The van der Waals surface area contributed by atoms with E-state index in [-0.39, 0.29) is 28.3 Å². The van der Waals surface area contributed by atoms with E-state index in [0.717, 1.165) is 17.0 Å². The van der Waals surface area contributed by atoms with Crippen LogP contribution in [0.1, 0.15) is 23.1 Å². The molecule has 1 fully saturated rings. The van der Waals surface area contributed by atoms with Crippen molar-refractivity contribution in [2.24, 2.45) is 0 Å². The summed E-state index contributed by atoms with van der Waals surface area (Å²) in [4.78, 5) is 26.8. The second-order valence-corrected chi connectivity index (χ2v) is 6.91. The monoisotopic (exact) mass is 425 g/mol. The number of carbonyl (C=O) groups excluding carboxylic acids is 2. The van der Waals surface area contributed by atoms with Gasteiger partial charge in [-0.2, -0.15) is 0 Å². The largest absolute Gasteiger partial charge is 0.507 e. The van der Waals surface area contributed by atoms with Crippen LogP contribution in [0.3, 0.4) is 0 Å². The van der Waals surface area contributed by atoms with E-state index in [9.17, 15) is 23.5 Å². The number of benzene rings is 2. The van der Waals surface area contributed by atoms with Gasteiger partial charge in [0.25, 0.3) is 11.7 Å². The molecule has 2 aromatic carbocycles. The molecule has 4 rings (SSSR count). The number of aryl methyl sites for hydroxylation is 1. The number of carbonyl (C=O) groups is 2. The number of methoxy groups -OCH3 is 1. The number of rotatable bonds is 4. The number of ketones is 1. The summed E-state index contributed by atoms with van der Waals surface area (Å²) in [6.07, 6.45) is 0. The van der Waals surface area contributed by atoms with Gasteiger partial charge in [0.05, 0.1) is 23.9 Å². The Balaban J connectivity index is 1.98. The van der Waals surface area contributed by atoms with E-state index in [2.05, 4.69) is 0 Å². The van der Waals surface area contributed by atoms with Gasteiger partial charge >= 0.3 is 0 Å². The third-order valence-electron chi connectivity index (χ3n) is 5.01. The molecular formula is C23H17F2NO5. The molecule has 0 aliphatic carbocycles. The maximum absolute atomic E-state index is 14.6. The van der Waals surface area contributed by atoms with E-state index in [1.165, 1.54) is 19.2 Å². The molecule has 0 saturated carbocycles. The van der Waals surface area contributed by atoms with Crippen LogP contribution in [0, 0.1) is 18.6 Å². The van der Waals surface area contributed by atoms with Crippen molar-refractivity contribution in [1.29, 1.82) is 0 Å². The zero-order valence-electron chi connectivity index (χ0n) is 16.6. The van der Waals surface area contributed by atoms with E-state index in [0.29, 0.717) is 11.8 Å². The molecule has 3 aromatic rings. The SMILES string of the molecule is COc1ccccc1/C(O)=C1/C(=O)C(=O)N(c2ccc(F)cc2F)C1c1ccc(C)o1. The summed E-state index contributed by atoms with van der Waals surface area (Å²) in [6, 6.07) is 10.9. The lowest BCUT2D eigenvalue weighted by atomic mass is 9.98. The molecule has 1 atom stereocenters. The molecule has 8 heteroatoms. The summed E-state index contributed by atoms with van der Waals surface area (Å²) < 4.78 is 38.9. The highest BCUT2D eigenvalue weighted by Gasteiger charge is 2.49. The minimum absolute atomic E-state index is 0.136. The second kappa shape index (κ2) is 7.71. The Bertz CT molecular complexity index is 1230. The van der Waals surface area contributed by atoms with Crippen molar-refractivity contribution < 1.29 is 32.6 Å². The van der Waals surface area contributed by atoms with Crippen molar-refractivity contribution in [3.8, 4) is 5.75 Å². The molecule has 1 amide bonds. The van der Waals surface area contributed by atoms with Gasteiger partial charge in [-0.05, 0) is 43.3 Å². The minimum Gasteiger partial charge on any atom is -0.507 e. The molecule has 31 heavy (non-hydrogen) atoms. The Morgan fingerprint density at radius 1 is 1.10 bits per heavy atom. The molecule has 1 aliphatic rings. The van der Waals surface area contributed by atoms with Crippen LogP contribution in [0.4, 0.5) is 14.5 Å². The maximum atomic E-state index is 14.6. The standard InChI is InChI=1S/C23H17F2NO5/c1-12-7-10-18(31-12)20-19(21(27)14-5-3-4-6-17(14)30-2)22(28)23(29)26(20)16-9-8-13(24)11-15(16)25/h3-11,20,27H,1-2H3/b21-19-. The molecule has 6 nitrogen and oxygen atoms in total. The predicted octanol–water partition coefficient (Wildman–Crippen LogP) is 4.50. The number of hydrogen-bond donors (Lipinski definition) is 1. The first kappa shape index (κ1) is 20.3. The van der Waals surface area contributed by atoms with E-state index in [4.69, 9.17) is 9.15 Å². The Morgan fingerprint density at radius 2 is 1.84 bits per heavy atom. The fourth-order valence-corrected chi connectivity index (χ4v) is 3.61. The van der Waals surface area contributed by atoms with Crippen LogP contribution in [0.2, 0.25) is 0 Å². The topological polar surface area (TPSA) is 80.0 Å². The molecule has 0 bridgehead atoms. The Kier molecular flexibility index (Phi) is 5.06. The summed E-state index contributed by atoms with van der Waals surface area (Å²) in [5.41, 5.74) is -0.440. The molecule has 2 heterocycles. The molecule has 1 N–H and O–H groups in total. The Hall–Kier alpha value is -3.94. The van der Waals surface area contributed by atoms with E-state index >= 15 is 0 Å². The number of nitrogens with zero attached hydrogens (tertiary/aromatic N) is 1. The first-order valence-corrected chi connectivity index (χ1v) is 9.29. The van der Waals surface area contributed by atoms with Crippen LogP contribution in [-0.2, 0) is 9.59 Å². The number of hydrogen-bond acceptors (Lipinski definition) is 5. The number of Topliss-reactive ketones (excluding diaryl/α,β-unsaturated/α-hetero) is 1. The number of furan rings is 1. The van der Waals surface area contributed by atoms with Gasteiger partial charge in [0.1, 0.15) is 40.7 Å². The third kappa shape index (κ3) is 3.35. The summed E-state index contributed by atoms with van der Waals surface area (Å²) in [7, 11) is 1.39. The van der Waals surface area contributed by atoms with Crippen LogP contribution < -0.4 is 9.64 Å². The molecule has 1 saturated heterocycles. The van der Waals surface area contributed by atoms with Gasteiger partial charge < -0.3 is 14.3 Å². The molecule has 0 radical (unpaired) electrons. The van der Waals surface area contributed by atoms with Crippen LogP contribution >= 0.6 is 0 Å².